The Morgan fingerprint density at radius 3 is 2.71 bits per heavy atom. The third-order valence-electron chi connectivity index (χ3n) is 2.58. The quantitative estimate of drug-likeness (QED) is 0.863. The third-order valence-corrected chi connectivity index (χ3v) is 2.58. The Kier molecular flexibility index (Phi) is 2.91. The van der Waals surface area contributed by atoms with Crippen molar-refractivity contribution in [2.45, 2.75) is 6.92 Å². The molecule has 17 heavy (non-hydrogen) atoms. The molecule has 1 aromatic heterocycles. The maximum atomic E-state index is 13.5. The van der Waals surface area contributed by atoms with Gasteiger partial charge in [-0.25, -0.2) is 4.39 Å². The highest BCUT2D eigenvalue weighted by Crippen LogP contribution is 2.19. The molecule has 0 saturated carbocycles. The first-order valence-corrected chi connectivity index (χ1v) is 5.14. The summed E-state index contributed by atoms with van der Waals surface area (Å²) in [7, 11) is 1.53. The molecule has 0 unspecified atom stereocenters. The van der Waals surface area contributed by atoms with Gasteiger partial charge in [0, 0.05) is 12.7 Å². The first kappa shape index (κ1) is 11.3. The van der Waals surface area contributed by atoms with Gasteiger partial charge in [-0.1, -0.05) is 12.1 Å². The number of nitrogens with one attached hydrogen (secondary N) is 1. The topological polar surface area (TPSA) is 49.0 Å². The zero-order valence-electron chi connectivity index (χ0n) is 9.57. The number of amides is 1. The van der Waals surface area contributed by atoms with Gasteiger partial charge in [-0.15, -0.1) is 0 Å². The third kappa shape index (κ3) is 2.04. The van der Waals surface area contributed by atoms with E-state index >= 15 is 0 Å². The van der Waals surface area contributed by atoms with E-state index in [2.05, 4.69) is 10.2 Å². The van der Waals surface area contributed by atoms with Gasteiger partial charge in [0.05, 0.1) is 17.4 Å². The van der Waals surface area contributed by atoms with Crippen LogP contribution in [0.4, 0.5) is 10.1 Å². The number of carbonyl (C=O) groups excluding carboxylic acids is 1. The number of aromatic amines is 1. The number of nitrogens with zero attached hydrogens (tertiary/aromatic N) is 2. The summed E-state index contributed by atoms with van der Waals surface area (Å²) in [6, 6.07) is 6.15. The Morgan fingerprint density at radius 2 is 2.12 bits per heavy atom. The fourth-order valence-electron chi connectivity index (χ4n) is 1.58. The van der Waals surface area contributed by atoms with E-state index < -0.39 is 5.82 Å². The number of para-hydroxylation sites is 1. The molecular formula is C12H12FN3O. The van der Waals surface area contributed by atoms with E-state index in [4.69, 9.17) is 0 Å². The minimum atomic E-state index is -0.426. The van der Waals surface area contributed by atoms with Crippen LogP contribution in [0.5, 0.6) is 0 Å². The van der Waals surface area contributed by atoms with Crippen LogP contribution in [-0.2, 0) is 0 Å². The second-order valence-corrected chi connectivity index (χ2v) is 3.72. The molecule has 0 bridgehead atoms. The summed E-state index contributed by atoms with van der Waals surface area (Å²) < 4.78 is 13.5. The largest absolute Gasteiger partial charge is 0.309 e. The number of halogens is 1. The molecule has 0 radical (unpaired) electrons. The number of anilines is 1. The van der Waals surface area contributed by atoms with E-state index in [9.17, 15) is 9.18 Å². The van der Waals surface area contributed by atoms with Gasteiger partial charge in [0.2, 0.25) is 0 Å². The van der Waals surface area contributed by atoms with Gasteiger partial charge in [-0.3, -0.25) is 9.89 Å². The summed E-state index contributed by atoms with van der Waals surface area (Å²) in [5.41, 5.74) is 1.35. The van der Waals surface area contributed by atoms with Crippen LogP contribution in [0.3, 0.4) is 0 Å². The molecule has 0 aliphatic heterocycles. The Bertz CT molecular complexity index is 550. The summed E-state index contributed by atoms with van der Waals surface area (Å²) in [6.45, 7) is 1.75. The summed E-state index contributed by atoms with van der Waals surface area (Å²) in [5, 5.41) is 6.45. The molecule has 0 spiro atoms. The Morgan fingerprint density at radius 1 is 1.41 bits per heavy atom. The monoisotopic (exact) mass is 233 g/mol. The van der Waals surface area contributed by atoms with Crippen molar-refractivity contribution in [3.05, 3.63) is 47.5 Å². The van der Waals surface area contributed by atoms with Crippen molar-refractivity contribution in [3.63, 3.8) is 0 Å². The van der Waals surface area contributed by atoms with Crippen LogP contribution in [0.2, 0.25) is 0 Å². The van der Waals surface area contributed by atoms with Gasteiger partial charge in [0.15, 0.2) is 0 Å². The lowest BCUT2D eigenvalue weighted by molar-refractivity contribution is 0.0991. The average Bonchev–Trinajstić information content (AvgIpc) is 2.74. The predicted octanol–water partition coefficient (Wildman–Crippen LogP) is 2.13. The van der Waals surface area contributed by atoms with Crippen molar-refractivity contribution in [3.8, 4) is 0 Å². The van der Waals surface area contributed by atoms with Crippen molar-refractivity contribution in [2.75, 3.05) is 11.9 Å². The molecule has 0 atom stereocenters. The molecule has 1 N–H and O–H groups in total. The van der Waals surface area contributed by atoms with Gasteiger partial charge in [0.25, 0.3) is 5.91 Å². The second kappa shape index (κ2) is 4.37. The lowest BCUT2D eigenvalue weighted by Crippen LogP contribution is -2.27. The van der Waals surface area contributed by atoms with E-state index in [1.807, 2.05) is 0 Å². The Hall–Kier alpha value is -2.17. The van der Waals surface area contributed by atoms with Crippen LogP contribution in [0.15, 0.2) is 30.5 Å². The van der Waals surface area contributed by atoms with Crippen molar-refractivity contribution in [1.29, 1.82) is 0 Å². The number of benzene rings is 1. The first-order valence-electron chi connectivity index (χ1n) is 5.14. The van der Waals surface area contributed by atoms with Gasteiger partial charge in [-0.05, 0) is 19.1 Å². The molecule has 0 aliphatic rings. The summed E-state index contributed by atoms with van der Waals surface area (Å²) in [5.74, 6) is -0.717. The van der Waals surface area contributed by atoms with E-state index in [0.717, 1.165) is 0 Å². The average molecular weight is 233 g/mol. The maximum absolute atomic E-state index is 13.5. The van der Waals surface area contributed by atoms with Crippen molar-refractivity contribution in [1.82, 2.24) is 10.2 Å². The normalized spacial score (nSPS) is 10.3. The van der Waals surface area contributed by atoms with Gasteiger partial charge in [-0.2, -0.15) is 5.10 Å². The van der Waals surface area contributed by atoms with Crippen LogP contribution in [0.1, 0.15) is 16.1 Å². The van der Waals surface area contributed by atoms with Crippen molar-refractivity contribution >= 4 is 11.6 Å². The van der Waals surface area contributed by atoms with Gasteiger partial charge >= 0.3 is 0 Å². The molecule has 0 fully saturated rings. The number of hydrogen-bond donors (Lipinski definition) is 1. The number of aryl methyl sites for hydroxylation is 1. The molecule has 0 saturated heterocycles. The highest BCUT2D eigenvalue weighted by molar-refractivity contribution is 6.06. The van der Waals surface area contributed by atoms with Crippen molar-refractivity contribution in [2.24, 2.45) is 0 Å². The van der Waals surface area contributed by atoms with Crippen LogP contribution in [-0.4, -0.2) is 23.2 Å². The van der Waals surface area contributed by atoms with Crippen LogP contribution in [0.25, 0.3) is 0 Å². The second-order valence-electron chi connectivity index (χ2n) is 3.72. The number of aromatic nitrogens is 2. The smallest absolute Gasteiger partial charge is 0.261 e. The van der Waals surface area contributed by atoms with E-state index in [1.165, 1.54) is 24.2 Å². The molecule has 4 nitrogen and oxygen atoms in total. The molecule has 2 rings (SSSR count). The summed E-state index contributed by atoms with van der Waals surface area (Å²) in [6.07, 6.45) is 1.44. The Labute approximate surface area is 98.1 Å². The SMILES string of the molecule is Cc1[nH]ncc1C(=O)N(C)c1ccccc1F. The first-order chi connectivity index (χ1) is 8.11. The maximum Gasteiger partial charge on any atom is 0.261 e. The lowest BCUT2D eigenvalue weighted by Gasteiger charge is -2.17. The van der Waals surface area contributed by atoms with Gasteiger partial charge in [0.1, 0.15) is 5.82 Å². The van der Waals surface area contributed by atoms with E-state index in [-0.39, 0.29) is 11.6 Å². The number of H-pyrrole nitrogens is 1. The Balaban J connectivity index is 2.33. The highest BCUT2D eigenvalue weighted by atomic mass is 19.1. The molecule has 0 aliphatic carbocycles. The fourth-order valence-corrected chi connectivity index (χ4v) is 1.58. The number of rotatable bonds is 2. The lowest BCUT2D eigenvalue weighted by atomic mass is 10.2. The summed E-state index contributed by atoms with van der Waals surface area (Å²) in [4.78, 5) is 13.3. The molecule has 1 aromatic carbocycles. The minimum Gasteiger partial charge on any atom is -0.309 e. The number of carbonyl (C=O) groups is 1. The summed E-state index contributed by atoms with van der Waals surface area (Å²) >= 11 is 0. The molecule has 2 aromatic rings. The van der Waals surface area contributed by atoms with Crippen LogP contribution in [0, 0.1) is 12.7 Å². The molecule has 5 heteroatoms. The standard InChI is InChI=1S/C12H12FN3O/c1-8-9(7-14-15-8)12(17)16(2)11-6-4-3-5-10(11)13/h3-7H,1-2H3,(H,14,15). The molecule has 88 valence electrons. The fraction of sp³-hybridized carbons (Fsp3) is 0.167. The van der Waals surface area contributed by atoms with Crippen LogP contribution < -0.4 is 4.90 Å². The van der Waals surface area contributed by atoms with E-state index in [1.54, 1.807) is 25.1 Å². The van der Waals surface area contributed by atoms with E-state index in [0.29, 0.717) is 11.3 Å². The molecular weight excluding hydrogens is 221 g/mol. The highest BCUT2D eigenvalue weighted by Gasteiger charge is 2.18. The molecule has 1 heterocycles. The zero-order valence-corrected chi connectivity index (χ0v) is 9.57. The van der Waals surface area contributed by atoms with Crippen molar-refractivity contribution < 1.29 is 9.18 Å². The number of hydrogen-bond acceptors (Lipinski definition) is 2. The zero-order chi connectivity index (χ0) is 12.4. The van der Waals surface area contributed by atoms with Crippen LogP contribution >= 0.6 is 0 Å². The van der Waals surface area contributed by atoms with Gasteiger partial charge < -0.3 is 4.90 Å². The molecule has 1 amide bonds. The minimum absolute atomic E-state index is 0.248. The predicted molar refractivity (Wildman–Crippen MR) is 62.5 cm³/mol.